The lowest BCUT2D eigenvalue weighted by molar-refractivity contribution is -0.114. The normalized spacial score (nSPS) is 13.9. The summed E-state index contributed by atoms with van der Waals surface area (Å²) in [6.45, 7) is 3.99. The van der Waals surface area contributed by atoms with Gasteiger partial charge in [0.15, 0.2) is 0 Å². The SMILES string of the molecule is CC=CC=C(C=CCC=CC=CC=CCC)C(N)=O. The van der Waals surface area contributed by atoms with Gasteiger partial charge < -0.3 is 5.73 Å². The smallest absolute Gasteiger partial charge is 0.248 e. The number of hydrogen-bond donors (Lipinski definition) is 1. The maximum atomic E-state index is 11.1. The number of nitrogens with two attached hydrogens (primary N) is 1. The summed E-state index contributed by atoms with van der Waals surface area (Å²) in [4.78, 5) is 11.1. The zero-order valence-electron chi connectivity index (χ0n) is 11.8. The number of amides is 1. The molecule has 0 saturated heterocycles. The summed E-state index contributed by atoms with van der Waals surface area (Å²) in [6.07, 6.45) is 22.9. The van der Waals surface area contributed by atoms with Gasteiger partial charge in [-0.05, 0) is 25.8 Å². The van der Waals surface area contributed by atoms with E-state index >= 15 is 0 Å². The number of rotatable bonds is 8. The first-order chi connectivity index (χ1) is 9.22. The lowest BCUT2D eigenvalue weighted by Crippen LogP contribution is -2.12. The Morgan fingerprint density at radius 2 is 1.68 bits per heavy atom. The fraction of sp³-hybridized carbons (Fsp3) is 0.235. The molecule has 0 fully saturated rings. The zero-order valence-corrected chi connectivity index (χ0v) is 11.8. The van der Waals surface area contributed by atoms with E-state index in [4.69, 9.17) is 5.73 Å². The average Bonchev–Trinajstić information content (AvgIpc) is 2.39. The van der Waals surface area contributed by atoms with Gasteiger partial charge in [0.05, 0.1) is 0 Å². The molecule has 0 aromatic rings. The lowest BCUT2D eigenvalue weighted by Gasteiger charge is -1.92. The van der Waals surface area contributed by atoms with E-state index in [0.717, 1.165) is 12.8 Å². The van der Waals surface area contributed by atoms with Gasteiger partial charge in [-0.2, -0.15) is 0 Å². The molecular weight excluding hydrogens is 234 g/mol. The van der Waals surface area contributed by atoms with Gasteiger partial charge in [-0.25, -0.2) is 0 Å². The second-order valence-electron chi connectivity index (χ2n) is 3.80. The van der Waals surface area contributed by atoms with Crippen LogP contribution >= 0.6 is 0 Å². The minimum absolute atomic E-state index is 0.414. The number of carbonyl (C=O) groups is 1. The lowest BCUT2D eigenvalue weighted by atomic mass is 10.2. The van der Waals surface area contributed by atoms with Gasteiger partial charge in [0.2, 0.25) is 5.91 Å². The largest absolute Gasteiger partial charge is 0.366 e. The van der Waals surface area contributed by atoms with Crippen molar-refractivity contribution in [1.82, 2.24) is 0 Å². The molecule has 0 aromatic heterocycles. The molecule has 2 N–H and O–H groups in total. The first-order valence-corrected chi connectivity index (χ1v) is 6.50. The molecule has 19 heavy (non-hydrogen) atoms. The van der Waals surface area contributed by atoms with Gasteiger partial charge in [0, 0.05) is 5.57 Å². The molecule has 0 aliphatic rings. The van der Waals surface area contributed by atoms with Crippen LogP contribution in [0.4, 0.5) is 0 Å². The minimum Gasteiger partial charge on any atom is -0.366 e. The standard InChI is InChI=1S/C17H23NO/c1-3-5-7-8-9-10-11-12-13-15-16(17(18)19)14-6-4-2/h4-11,13-15H,3,12H2,1-2H3,(H2,18,19). The Morgan fingerprint density at radius 1 is 1.00 bits per heavy atom. The highest BCUT2D eigenvalue weighted by Crippen LogP contribution is 1.99. The van der Waals surface area contributed by atoms with Crippen LogP contribution in [0, 0.1) is 0 Å². The maximum absolute atomic E-state index is 11.1. The average molecular weight is 257 g/mol. The molecule has 0 bridgehead atoms. The molecule has 0 aromatic carbocycles. The third-order valence-electron chi connectivity index (χ3n) is 2.16. The van der Waals surface area contributed by atoms with Gasteiger partial charge in [0.25, 0.3) is 0 Å². The number of primary amides is 1. The maximum Gasteiger partial charge on any atom is 0.248 e. The quantitative estimate of drug-likeness (QED) is 0.518. The van der Waals surface area contributed by atoms with Crippen molar-refractivity contribution in [1.29, 1.82) is 0 Å². The van der Waals surface area contributed by atoms with Gasteiger partial charge in [-0.3, -0.25) is 4.79 Å². The van der Waals surface area contributed by atoms with Crippen LogP contribution in [0.5, 0.6) is 0 Å². The van der Waals surface area contributed by atoms with Gasteiger partial charge in [-0.15, -0.1) is 0 Å². The predicted octanol–water partition coefficient (Wildman–Crippen LogP) is 4.00. The Balaban J connectivity index is 4.20. The fourth-order valence-electron chi connectivity index (χ4n) is 1.19. The summed E-state index contributed by atoms with van der Waals surface area (Å²) in [6, 6.07) is 0. The van der Waals surface area contributed by atoms with E-state index in [1.165, 1.54) is 0 Å². The van der Waals surface area contributed by atoms with Crippen LogP contribution in [-0.2, 0) is 4.79 Å². The number of hydrogen-bond acceptors (Lipinski definition) is 1. The van der Waals surface area contributed by atoms with E-state index in [0.29, 0.717) is 5.57 Å². The van der Waals surface area contributed by atoms with Crippen molar-refractivity contribution in [3.63, 3.8) is 0 Å². The molecule has 102 valence electrons. The van der Waals surface area contributed by atoms with E-state index in [2.05, 4.69) is 13.0 Å². The van der Waals surface area contributed by atoms with Crippen molar-refractivity contribution in [2.45, 2.75) is 26.7 Å². The molecule has 0 heterocycles. The highest BCUT2D eigenvalue weighted by molar-refractivity contribution is 5.95. The Kier molecular flexibility index (Phi) is 11.0. The summed E-state index contributed by atoms with van der Waals surface area (Å²) in [5.41, 5.74) is 5.76. The molecule has 0 atom stereocenters. The van der Waals surface area contributed by atoms with Crippen molar-refractivity contribution in [3.05, 3.63) is 72.4 Å². The van der Waals surface area contributed by atoms with E-state index < -0.39 is 5.91 Å². The second-order valence-corrected chi connectivity index (χ2v) is 3.80. The first kappa shape index (κ1) is 16.9. The Hall–Kier alpha value is -2.09. The van der Waals surface area contributed by atoms with Crippen molar-refractivity contribution in [3.8, 4) is 0 Å². The van der Waals surface area contributed by atoms with E-state index in [-0.39, 0.29) is 0 Å². The molecule has 0 saturated carbocycles. The highest BCUT2D eigenvalue weighted by Gasteiger charge is 1.96. The molecule has 0 aliphatic heterocycles. The third kappa shape index (κ3) is 10.8. The van der Waals surface area contributed by atoms with Gasteiger partial charge >= 0.3 is 0 Å². The van der Waals surface area contributed by atoms with Crippen LogP contribution in [0.1, 0.15) is 26.7 Å². The van der Waals surface area contributed by atoms with Crippen LogP contribution in [-0.4, -0.2) is 5.91 Å². The molecule has 0 rings (SSSR count). The molecule has 0 spiro atoms. The van der Waals surface area contributed by atoms with Gasteiger partial charge in [-0.1, -0.05) is 67.7 Å². The Bertz CT molecular complexity index is 421. The molecule has 2 nitrogen and oxygen atoms in total. The Morgan fingerprint density at radius 3 is 2.26 bits per heavy atom. The molecule has 2 heteroatoms. The van der Waals surface area contributed by atoms with Gasteiger partial charge in [0.1, 0.15) is 0 Å². The highest BCUT2D eigenvalue weighted by atomic mass is 16.1. The topological polar surface area (TPSA) is 43.1 Å². The van der Waals surface area contributed by atoms with Crippen molar-refractivity contribution < 1.29 is 4.79 Å². The second kappa shape index (κ2) is 12.4. The summed E-state index contributed by atoms with van der Waals surface area (Å²) in [7, 11) is 0. The first-order valence-electron chi connectivity index (χ1n) is 6.50. The molecule has 1 amide bonds. The summed E-state index contributed by atoms with van der Waals surface area (Å²) in [5.74, 6) is -0.414. The molecule has 0 radical (unpaired) electrons. The molecular formula is C17H23NO. The van der Waals surface area contributed by atoms with Crippen LogP contribution in [0.15, 0.2) is 72.4 Å². The monoisotopic (exact) mass is 257 g/mol. The van der Waals surface area contributed by atoms with Crippen molar-refractivity contribution in [2.75, 3.05) is 0 Å². The van der Waals surface area contributed by atoms with Crippen molar-refractivity contribution >= 4 is 5.91 Å². The summed E-state index contributed by atoms with van der Waals surface area (Å²) in [5, 5.41) is 0. The van der Waals surface area contributed by atoms with Crippen LogP contribution < -0.4 is 5.73 Å². The summed E-state index contributed by atoms with van der Waals surface area (Å²) >= 11 is 0. The van der Waals surface area contributed by atoms with E-state index in [1.807, 2.05) is 49.5 Å². The minimum atomic E-state index is -0.414. The third-order valence-corrected chi connectivity index (χ3v) is 2.16. The van der Waals surface area contributed by atoms with E-state index in [1.54, 1.807) is 18.2 Å². The van der Waals surface area contributed by atoms with Crippen LogP contribution in [0.25, 0.3) is 0 Å². The molecule has 0 aliphatic carbocycles. The van der Waals surface area contributed by atoms with Crippen LogP contribution in [0.2, 0.25) is 0 Å². The number of carbonyl (C=O) groups excluding carboxylic acids is 1. The van der Waals surface area contributed by atoms with E-state index in [9.17, 15) is 4.79 Å². The van der Waals surface area contributed by atoms with Crippen molar-refractivity contribution in [2.24, 2.45) is 5.73 Å². The fourth-order valence-corrected chi connectivity index (χ4v) is 1.19. The summed E-state index contributed by atoms with van der Waals surface area (Å²) < 4.78 is 0. The predicted molar refractivity (Wildman–Crippen MR) is 83.6 cm³/mol. The number of allylic oxidation sites excluding steroid dienone is 10. The van der Waals surface area contributed by atoms with Crippen LogP contribution in [0.3, 0.4) is 0 Å². The zero-order chi connectivity index (χ0) is 14.3. The molecule has 0 unspecified atom stereocenters. The Labute approximate surface area is 116 Å².